The summed E-state index contributed by atoms with van der Waals surface area (Å²) in [6, 6.07) is 59.2. The van der Waals surface area contributed by atoms with E-state index in [2.05, 4.69) is 305 Å². The van der Waals surface area contributed by atoms with Gasteiger partial charge in [0.2, 0.25) is 0 Å². The summed E-state index contributed by atoms with van der Waals surface area (Å²) in [5.41, 5.74) is 18.8. The number of fused-ring (bicyclic) bond motifs is 1. The molecule has 0 bridgehead atoms. The Morgan fingerprint density at radius 3 is 1.60 bits per heavy atom. The van der Waals surface area contributed by atoms with Crippen LogP contribution in [0.3, 0.4) is 0 Å². The highest BCUT2D eigenvalue weighted by molar-refractivity contribution is 6.18. The van der Waals surface area contributed by atoms with E-state index in [-0.39, 0.29) is 0 Å². The zero-order chi connectivity index (χ0) is 58.8. The fourth-order valence-electron chi connectivity index (χ4n) is 9.88. The van der Waals surface area contributed by atoms with E-state index in [0.717, 1.165) is 92.3 Å². The second-order valence-electron chi connectivity index (χ2n) is 19.5. The van der Waals surface area contributed by atoms with Crippen LogP contribution in [-0.2, 0) is 0 Å². The van der Waals surface area contributed by atoms with E-state index in [4.69, 9.17) is 9.98 Å². The number of allylic oxidation sites excluding steroid dienone is 16. The van der Waals surface area contributed by atoms with E-state index in [0.29, 0.717) is 0 Å². The van der Waals surface area contributed by atoms with Crippen LogP contribution in [0, 0.1) is 0 Å². The summed E-state index contributed by atoms with van der Waals surface area (Å²) >= 11 is 0. The molecule has 4 nitrogen and oxygen atoms in total. The number of hydrogen-bond acceptors (Lipinski definition) is 3. The zero-order valence-corrected chi connectivity index (χ0v) is 49.3. The van der Waals surface area contributed by atoms with E-state index in [1.165, 1.54) is 38.6 Å². The van der Waals surface area contributed by atoms with Crippen LogP contribution in [0.2, 0.25) is 0 Å². The topological polar surface area (TPSA) is 33.4 Å². The lowest BCUT2D eigenvalue weighted by molar-refractivity contribution is 0.718. The molecule has 0 fully saturated rings. The first-order valence-electron chi connectivity index (χ1n) is 28.6. The molecule has 1 aliphatic carbocycles. The van der Waals surface area contributed by atoms with Crippen molar-refractivity contribution in [3.8, 4) is 55.9 Å². The van der Waals surface area contributed by atoms with E-state index in [9.17, 15) is 0 Å². The predicted molar refractivity (Wildman–Crippen MR) is 364 cm³/mol. The second kappa shape index (κ2) is 31.8. The Kier molecular flexibility index (Phi) is 23.3. The van der Waals surface area contributed by atoms with Crippen molar-refractivity contribution < 1.29 is 0 Å². The highest BCUT2D eigenvalue weighted by atomic mass is 15.1. The lowest BCUT2D eigenvalue weighted by atomic mass is 9.79. The van der Waals surface area contributed by atoms with Crippen LogP contribution in [0.4, 0.5) is 0 Å². The average Bonchev–Trinajstić information content (AvgIpc) is 3.85. The average molecular weight is 1080 g/mol. The molecule has 0 spiro atoms. The highest BCUT2D eigenvalue weighted by Crippen LogP contribution is 2.51. The van der Waals surface area contributed by atoms with Crippen LogP contribution in [-0.4, -0.2) is 20.7 Å². The number of hydrogen-bond donors (Lipinski definition) is 0. The first-order valence-corrected chi connectivity index (χ1v) is 28.6. The lowest BCUT2D eigenvalue weighted by Crippen LogP contribution is -2.11. The summed E-state index contributed by atoms with van der Waals surface area (Å²) in [4.78, 5) is 12.7. The van der Waals surface area contributed by atoms with Gasteiger partial charge in [0.1, 0.15) is 5.82 Å². The van der Waals surface area contributed by atoms with E-state index in [1.54, 1.807) is 6.08 Å². The molecular weight excluding hydrogens is 1000 g/mol. The van der Waals surface area contributed by atoms with Gasteiger partial charge in [-0.1, -0.05) is 256 Å². The number of imidazole rings is 1. The molecular formula is C79H78N4. The van der Waals surface area contributed by atoms with Crippen molar-refractivity contribution in [3.05, 3.63) is 327 Å². The predicted octanol–water partition coefficient (Wildman–Crippen LogP) is 22.3. The third-order valence-electron chi connectivity index (χ3n) is 13.9. The molecule has 414 valence electrons. The molecule has 2 aliphatic rings. The number of aliphatic imine (C=N–C) groups is 1. The monoisotopic (exact) mass is 1080 g/mol. The Morgan fingerprint density at radius 2 is 1.12 bits per heavy atom. The molecule has 0 N–H and O–H groups in total. The van der Waals surface area contributed by atoms with Crippen LogP contribution < -0.4 is 0 Å². The summed E-state index contributed by atoms with van der Waals surface area (Å²) in [5, 5.41) is 2.37. The third-order valence-corrected chi connectivity index (χ3v) is 13.9. The molecule has 0 radical (unpaired) electrons. The van der Waals surface area contributed by atoms with Crippen LogP contribution in [0.1, 0.15) is 77.6 Å². The first-order chi connectivity index (χ1) is 40.8. The molecule has 8 aromatic rings. The molecule has 0 atom stereocenters. The van der Waals surface area contributed by atoms with Gasteiger partial charge >= 0.3 is 0 Å². The van der Waals surface area contributed by atoms with Crippen molar-refractivity contribution in [1.82, 2.24) is 14.5 Å². The number of nitrogens with zero attached hydrogens (tertiary/aromatic N) is 4. The third kappa shape index (κ3) is 15.3. The molecule has 0 amide bonds. The maximum absolute atomic E-state index is 5.37. The van der Waals surface area contributed by atoms with Crippen molar-refractivity contribution in [2.24, 2.45) is 4.99 Å². The van der Waals surface area contributed by atoms with Gasteiger partial charge in [-0.25, -0.2) is 4.98 Å². The van der Waals surface area contributed by atoms with Gasteiger partial charge < -0.3 is 9.47 Å². The lowest BCUT2D eigenvalue weighted by Gasteiger charge is -2.24. The molecule has 1 aliphatic heterocycles. The fraction of sp³-hybridized carbons (Fsp3) is 0.114. The van der Waals surface area contributed by atoms with Gasteiger partial charge in [0.15, 0.2) is 0 Å². The van der Waals surface area contributed by atoms with Gasteiger partial charge in [-0.2, -0.15) is 0 Å². The molecule has 0 saturated heterocycles. The number of rotatable bonds is 15. The van der Waals surface area contributed by atoms with Gasteiger partial charge in [0.05, 0.1) is 17.1 Å². The summed E-state index contributed by atoms with van der Waals surface area (Å²) in [6.45, 7) is 25.1. The minimum Gasteiger partial charge on any atom is -0.321 e. The zero-order valence-electron chi connectivity index (χ0n) is 49.3. The van der Waals surface area contributed by atoms with Crippen molar-refractivity contribution in [2.75, 3.05) is 0 Å². The van der Waals surface area contributed by atoms with Gasteiger partial charge in [-0.05, 0) is 138 Å². The normalized spacial score (nSPS) is 13.4. The Hall–Kier alpha value is -9.90. The molecule has 4 heteroatoms. The molecule has 2 heterocycles. The van der Waals surface area contributed by atoms with Crippen molar-refractivity contribution >= 4 is 34.5 Å². The van der Waals surface area contributed by atoms with Crippen LogP contribution in [0.25, 0.3) is 84.1 Å². The minimum atomic E-state index is 0.900. The smallest absolute Gasteiger partial charge is 0.144 e. The maximum Gasteiger partial charge on any atom is 0.144 e. The molecule has 0 unspecified atom stereocenters. The SMILES string of the molecule is C/C=C/n1cc(C(/C=C\CC)=C/C)nc1-c1ccc(-c2c(-c3ccccc3)c(-c3ccccc3)c(-c3ccc(C=N/C(C4=CCCC=C4)=C(/c4ccccc4)N4C=CC=CC=C4)cc3)c3ccccc23)cc1.C=C.C=C/C(C)=C\C.C=CC. The van der Waals surface area contributed by atoms with Crippen LogP contribution >= 0.6 is 0 Å². The summed E-state index contributed by atoms with van der Waals surface area (Å²) in [5.74, 6) is 0.900. The Bertz CT molecular complexity index is 3770. The van der Waals surface area contributed by atoms with E-state index in [1.807, 2.05) is 46.1 Å². The second-order valence-corrected chi connectivity index (χ2v) is 19.5. The van der Waals surface area contributed by atoms with Crippen molar-refractivity contribution in [1.29, 1.82) is 0 Å². The van der Waals surface area contributed by atoms with E-state index >= 15 is 0 Å². The van der Waals surface area contributed by atoms with Crippen molar-refractivity contribution in [2.45, 2.75) is 60.8 Å². The Morgan fingerprint density at radius 1 is 0.602 bits per heavy atom. The largest absolute Gasteiger partial charge is 0.321 e. The van der Waals surface area contributed by atoms with Gasteiger partial charge in [0.25, 0.3) is 0 Å². The Balaban J connectivity index is 0.000000831. The molecule has 0 saturated carbocycles. The quantitative estimate of drug-likeness (QED) is 0.0582. The molecule has 1 aromatic heterocycles. The minimum absolute atomic E-state index is 0.900. The van der Waals surface area contributed by atoms with E-state index < -0.39 is 0 Å². The number of benzene rings is 7. The standard InChI is InChI=1S/C68H58N4.C6H10.C3H6.C2H4/c1-4-7-26-51(6-3)61-49-72(45-5-2)68(70-61)58-43-41-55(42-44-58)63-60-36-23-22-35-59(60)62(64(52-27-14-10-15-28-52)65(63)53-29-16-11-17-30-53)54-39-37-50(38-40-54)48-69-66(56-31-18-12-19-32-56)67(57-33-20-13-21-34-57)71-46-24-8-9-25-47-71;1-4-6(3)5-2;1-3-2;1-2/h5-11,13-18,20-49H,4,12,19H2,1-3H3;4-5H,1H2,2-3H3;3H,1H2,2H3;1-2H2/b26-7-,45-5+,51-6+,67-66-,69-48?;6-5-;;. The number of aromatic nitrogens is 2. The summed E-state index contributed by atoms with van der Waals surface area (Å²) < 4.78 is 2.13. The van der Waals surface area contributed by atoms with Gasteiger partial charge in [-0.15, -0.1) is 19.7 Å². The van der Waals surface area contributed by atoms with Crippen LogP contribution in [0.5, 0.6) is 0 Å². The molecule has 7 aromatic carbocycles. The summed E-state index contributed by atoms with van der Waals surface area (Å²) in [6.07, 6.45) is 42.5. The molecule has 10 rings (SSSR count). The van der Waals surface area contributed by atoms with Gasteiger partial charge in [-0.3, -0.25) is 4.99 Å². The first kappa shape index (κ1) is 60.7. The summed E-state index contributed by atoms with van der Waals surface area (Å²) in [7, 11) is 0. The fourth-order valence-corrected chi connectivity index (χ4v) is 9.88. The van der Waals surface area contributed by atoms with Crippen LogP contribution in [0.15, 0.2) is 316 Å². The Labute approximate surface area is 495 Å². The molecule has 83 heavy (non-hydrogen) atoms. The highest BCUT2D eigenvalue weighted by Gasteiger charge is 2.25. The van der Waals surface area contributed by atoms with Crippen molar-refractivity contribution in [3.63, 3.8) is 0 Å². The van der Waals surface area contributed by atoms with Gasteiger partial charge in [0, 0.05) is 42.1 Å². The maximum atomic E-state index is 5.37.